The Kier molecular flexibility index (Phi) is 6.21. The zero-order valence-electron chi connectivity index (χ0n) is 18.2. The molecule has 0 saturated carbocycles. The van der Waals surface area contributed by atoms with Crippen LogP contribution in [0.3, 0.4) is 0 Å². The number of amides is 1. The molecule has 0 radical (unpaired) electrons. The van der Waals surface area contributed by atoms with Gasteiger partial charge in [0, 0.05) is 25.1 Å². The molecular weight excluding hydrogens is 404 g/mol. The highest BCUT2D eigenvalue weighted by Crippen LogP contribution is 2.35. The Balaban J connectivity index is 1.56. The van der Waals surface area contributed by atoms with Gasteiger partial charge in [-0.2, -0.15) is 0 Å². The third kappa shape index (κ3) is 4.64. The Morgan fingerprint density at radius 1 is 1.16 bits per heavy atom. The van der Waals surface area contributed by atoms with E-state index in [-0.39, 0.29) is 29.7 Å². The van der Waals surface area contributed by atoms with E-state index in [1.165, 1.54) is 0 Å². The van der Waals surface area contributed by atoms with Gasteiger partial charge in [-0.15, -0.1) is 0 Å². The van der Waals surface area contributed by atoms with Gasteiger partial charge in [-0.3, -0.25) is 9.78 Å². The van der Waals surface area contributed by atoms with E-state index < -0.39 is 5.97 Å². The predicted molar refractivity (Wildman–Crippen MR) is 121 cm³/mol. The Hall–Kier alpha value is -3.67. The second-order valence-electron chi connectivity index (χ2n) is 8.35. The second kappa shape index (κ2) is 9.22. The molecule has 1 atom stereocenters. The number of likely N-dealkylation sites (tertiary alicyclic amines) is 1. The van der Waals surface area contributed by atoms with Gasteiger partial charge in [-0.25, -0.2) is 4.79 Å². The van der Waals surface area contributed by atoms with Crippen LogP contribution in [-0.4, -0.2) is 33.4 Å². The Morgan fingerprint density at radius 2 is 1.94 bits per heavy atom. The number of benzene rings is 2. The highest BCUT2D eigenvalue weighted by Gasteiger charge is 2.33. The first-order chi connectivity index (χ1) is 15.4. The molecule has 2 aromatic carbocycles. The van der Waals surface area contributed by atoms with Crippen LogP contribution >= 0.6 is 0 Å². The number of carbonyl (C=O) groups is 2. The van der Waals surface area contributed by atoms with Gasteiger partial charge in [-0.05, 0) is 47.4 Å². The summed E-state index contributed by atoms with van der Waals surface area (Å²) in [5.41, 5.74) is 2.69. The number of ether oxygens (including phenoxy) is 1. The van der Waals surface area contributed by atoms with Crippen molar-refractivity contribution < 1.29 is 19.4 Å². The Morgan fingerprint density at radius 3 is 2.66 bits per heavy atom. The molecule has 164 valence electrons. The van der Waals surface area contributed by atoms with Gasteiger partial charge in [0.15, 0.2) is 0 Å². The van der Waals surface area contributed by atoms with Crippen LogP contribution in [0.5, 0.6) is 11.5 Å². The quantitative estimate of drug-likeness (QED) is 0.556. The maximum atomic E-state index is 12.6. The molecule has 1 aliphatic heterocycles. The maximum Gasteiger partial charge on any atom is 0.336 e. The molecule has 32 heavy (non-hydrogen) atoms. The number of carboxylic acids is 1. The van der Waals surface area contributed by atoms with Gasteiger partial charge in [-0.1, -0.05) is 44.2 Å². The van der Waals surface area contributed by atoms with Gasteiger partial charge in [0.05, 0.1) is 17.8 Å². The number of hydrogen-bond acceptors (Lipinski definition) is 4. The van der Waals surface area contributed by atoms with Crippen LogP contribution in [0.1, 0.15) is 59.3 Å². The van der Waals surface area contributed by atoms with E-state index >= 15 is 0 Å². The number of carboxylic acid groups (broad SMARTS) is 1. The van der Waals surface area contributed by atoms with Crippen molar-refractivity contribution in [1.29, 1.82) is 0 Å². The monoisotopic (exact) mass is 430 g/mol. The van der Waals surface area contributed by atoms with Crippen molar-refractivity contribution >= 4 is 11.9 Å². The summed E-state index contributed by atoms with van der Waals surface area (Å²) in [6, 6.07) is 18.5. The van der Waals surface area contributed by atoms with E-state index in [1.54, 1.807) is 29.3 Å². The summed E-state index contributed by atoms with van der Waals surface area (Å²) in [6.07, 6.45) is 1.98. The molecule has 1 aliphatic rings. The number of para-hydroxylation sites is 1. The normalized spacial score (nSPS) is 15.9. The first-order valence-electron chi connectivity index (χ1n) is 10.7. The molecule has 6 nitrogen and oxygen atoms in total. The zero-order valence-corrected chi connectivity index (χ0v) is 18.2. The summed E-state index contributed by atoms with van der Waals surface area (Å²) in [6.45, 7) is 5.06. The third-order valence-electron chi connectivity index (χ3n) is 5.76. The fourth-order valence-electron chi connectivity index (χ4n) is 4.14. The van der Waals surface area contributed by atoms with Crippen molar-refractivity contribution in [2.24, 2.45) is 0 Å². The number of hydrogen-bond donors (Lipinski definition) is 1. The van der Waals surface area contributed by atoms with E-state index in [1.807, 2.05) is 42.5 Å². The minimum Gasteiger partial charge on any atom is -0.478 e. The van der Waals surface area contributed by atoms with Gasteiger partial charge >= 0.3 is 5.97 Å². The lowest BCUT2D eigenvalue weighted by Crippen LogP contribution is -2.25. The maximum absolute atomic E-state index is 12.6. The van der Waals surface area contributed by atoms with Crippen LogP contribution in [0, 0.1) is 0 Å². The molecule has 1 fully saturated rings. The summed E-state index contributed by atoms with van der Waals surface area (Å²) in [5, 5.41) is 9.86. The molecule has 3 aromatic rings. The average molecular weight is 431 g/mol. The molecule has 0 bridgehead atoms. The number of aromatic carboxylic acids is 1. The summed E-state index contributed by atoms with van der Waals surface area (Å²) in [7, 11) is 0. The molecule has 0 spiro atoms. The fraction of sp³-hybridized carbons (Fsp3) is 0.269. The van der Waals surface area contributed by atoms with E-state index in [0.29, 0.717) is 30.2 Å². The number of aromatic nitrogens is 1. The van der Waals surface area contributed by atoms with E-state index in [2.05, 4.69) is 18.8 Å². The minimum absolute atomic E-state index is 0.00294. The standard InChI is InChI=1S/C26H26N2O4/c1-17(2)21-8-3-4-9-24(21)32-20-10-11-22(23(14-20)26(30)31)18-13-25(29)28(15-18)16-19-7-5-6-12-27-19/h3-12,14,17-18H,13,15-16H2,1-2H3,(H,30,31). The van der Waals surface area contributed by atoms with Crippen molar-refractivity contribution in [2.45, 2.75) is 38.6 Å². The molecular formula is C26H26N2O4. The van der Waals surface area contributed by atoms with Gasteiger partial charge < -0.3 is 14.7 Å². The second-order valence-corrected chi connectivity index (χ2v) is 8.35. The summed E-state index contributed by atoms with van der Waals surface area (Å²) >= 11 is 0. The summed E-state index contributed by atoms with van der Waals surface area (Å²) < 4.78 is 6.05. The number of nitrogens with zero attached hydrogens (tertiary/aromatic N) is 2. The van der Waals surface area contributed by atoms with E-state index in [0.717, 1.165) is 11.3 Å². The van der Waals surface area contributed by atoms with Crippen molar-refractivity contribution in [2.75, 3.05) is 6.54 Å². The highest BCUT2D eigenvalue weighted by molar-refractivity contribution is 5.91. The van der Waals surface area contributed by atoms with Gasteiger partial charge in [0.1, 0.15) is 11.5 Å². The van der Waals surface area contributed by atoms with Gasteiger partial charge in [0.2, 0.25) is 5.91 Å². The smallest absolute Gasteiger partial charge is 0.336 e. The summed E-state index contributed by atoms with van der Waals surface area (Å²) in [4.78, 5) is 30.7. The predicted octanol–water partition coefficient (Wildman–Crippen LogP) is 5.21. The van der Waals surface area contributed by atoms with Crippen LogP contribution in [0.4, 0.5) is 0 Å². The number of rotatable bonds is 7. The van der Waals surface area contributed by atoms with Crippen LogP contribution in [0.15, 0.2) is 66.9 Å². The Bertz CT molecular complexity index is 1130. The molecule has 1 unspecified atom stereocenters. The highest BCUT2D eigenvalue weighted by atomic mass is 16.5. The lowest BCUT2D eigenvalue weighted by atomic mass is 9.93. The van der Waals surface area contributed by atoms with Crippen LogP contribution in [0.2, 0.25) is 0 Å². The van der Waals surface area contributed by atoms with Crippen molar-refractivity contribution in [1.82, 2.24) is 9.88 Å². The lowest BCUT2D eigenvalue weighted by Gasteiger charge is -2.18. The molecule has 0 aliphatic carbocycles. The van der Waals surface area contributed by atoms with E-state index in [4.69, 9.17) is 4.74 Å². The SMILES string of the molecule is CC(C)c1ccccc1Oc1ccc(C2CC(=O)N(Cc3ccccn3)C2)c(C(=O)O)c1. The Labute approximate surface area is 187 Å². The third-order valence-corrected chi connectivity index (χ3v) is 5.76. The van der Waals surface area contributed by atoms with Crippen LogP contribution in [-0.2, 0) is 11.3 Å². The van der Waals surface area contributed by atoms with Crippen molar-refractivity contribution in [3.05, 3.63) is 89.2 Å². The lowest BCUT2D eigenvalue weighted by molar-refractivity contribution is -0.128. The molecule has 1 amide bonds. The molecule has 1 aromatic heterocycles. The summed E-state index contributed by atoms with van der Waals surface area (Å²) in [5.74, 6) is 0.243. The topological polar surface area (TPSA) is 79.7 Å². The number of carbonyl (C=O) groups excluding carboxylic acids is 1. The van der Waals surface area contributed by atoms with Crippen LogP contribution < -0.4 is 4.74 Å². The largest absolute Gasteiger partial charge is 0.478 e. The first-order valence-corrected chi connectivity index (χ1v) is 10.7. The van der Waals surface area contributed by atoms with E-state index in [9.17, 15) is 14.7 Å². The van der Waals surface area contributed by atoms with Crippen LogP contribution in [0.25, 0.3) is 0 Å². The molecule has 2 heterocycles. The average Bonchev–Trinajstić information content (AvgIpc) is 3.14. The van der Waals surface area contributed by atoms with Gasteiger partial charge in [0.25, 0.3) is 0 Å². The van der Waals surface area contributed by atoms with Crippen molar-refractivity contribution in [3.8, 4) is 11.5 Å². The minimum atomic E-state index is -1.03. The number of pyridine rings is 1. The molecule has 4 rings (SSSR count). The first kappa shape index (κ1) is 21.6. The fourth-order valence-corrected chi connectivity index (χ4v) is 4.14. The molecule has 1 saturated heterocycles. The molecule has 6 heteroatoms. The van der Waals surface area contributed by atoms with Crippen molar-refractivity contribution in [3.63, 3.8) is 0 Å². The zero-order chi connectivity index (χ0) is 22.7. The molecule has 1 N–H and O–H groups in total.